The number of hydrogen-bond acceptors (Lipinski definition) is 5. The number of benzene rings is 3. The minimum absolute atomic E-state index is 0.125. The van der Waals surface area contributed by atoms with Crippen LogP contribution in [-0.4, -0.2) is 33.2 Å². The van der Waals surface area contributed by atoms with Crippen LogP contribution in [0.25, 0.3) is 0 Å². The summed E-state index contributed by atoms with van der Waals surface area (Å²) in [6.07, 6.45) is 0.929. The smallest absolute Gasteiger partial charge is 0.267 e. The van der Waals surface area contributed by atoms with E-state index in [2.05, 4.69) is 5.32 Å². The van der Waals surface area contributed by atoms with E-state index in [1.54, 1.807) is 54.6 Å². The number of fused-ring (bicyclic) bond motifs is 1. The minimum Gasteiger partial charge on any atom is -0.476 e. The van der Waals surface area contributed by atoms with Gasteiger partial charge in [-0.2, -0.15) is 0 Å². The highest BCUT2D eigenvalue weighted by Gasteiger charge is 2.37. The fourth-order valence-corrected chi connectivity index (χ4v) is 5.39. The first kappa shape index (κ1) is 21.3. The SMILES string of the molecule is CSc1ccccc1NC(=O)C1CN(S(=O)(=O)c2ccc(C)cc2)c2ccccc2O1. The van der Waals surface area contributed by atoms with Crippen LogP contribution < -0.4 is 14.4 Å². The number of para-hydroxylation sites is 3. The zero-order valence-electron chi connectivity index (χ0n) is 17.1. The van der Waals surface area contributed by atoms with Gasteiger partial charge in [-0.1, -0.05) is 42.0 Å². The Hall–Kier alpha value is -2.97. The summed E-state index contributed by atoms with van der Waals surface area (Å²) >= 11 is 1.51. The highest BCUT2D eigenvalue weighted by atomic mass is 32.2. The van der Waals surface area contributed by atoms with Gasteiger partial charge in [0, 0.05) is 4.90 Å². The van der Waals surface area contributed by atoms with Crippen LogP contribution in [0.4, 0.5) is 11.4 Å². The van der Waals surface area contributed by atoms with Gasteiger partial charge in [-0.3, -0.25) is 9.10 Å². The second-order valence-electron chi connectivity index (χ2n) is 7.11. The Balaban J connectivity index is 1.67. The summed E-state index contributed by atoms with van der Waals surface area (Å²) < 4.78 is 34.0. The number of nitrogens with zero attached hydrogens (tertiary/aromatic N) is 1. The zero-order chi connectivity index (χ0) is 22.0. The van der Waals surface area contributed by atoms with Gasteiger partial charge in [0.2, 0.25) is 0 Å². The maximum absolute atomic E-state index is 13.4. The summed E-state index contributed by atoms with van der Waals surface area (Å²) in [4.78, 5) is 14.1. The molecule has 8 heteroatoms. The number of amides is 1. The van der Waals surface area contributed by atoms with Crippen LogP contribution in [0.2, 0.25) is 0 Å². The summed E-state index contributed by atoms with van der Waals surface area (Å²) in [5.41, 5.74) is 2.04. The number of thioether (sulfide) groups is 1. The van der Waals surface area contributed by atoms with Crippen molar-refractivity contribution in [3.05, 3.63) is 78.4 Å². The molecule has 3 aromatic carbocycles. The lowest BCUT2D eigenvalue weighted by molar-refractivity contribution is -0.122. The van der Waals surface area contributed by atoms with Gasteiger partial charge in [0.1, 0.15) is 5.75 Å². The van der Waals surface area contributed by atoms with Gasteiger partial charge in [0.25, 0.3) is 15.9 Å². The minimum atomic E-state index is -3.88. The fraction of sp³-hybridized carbons (Fsp3) is 0.174. The van der Waals surface area contributed by atoms with Crippen LogP contribution in [0.15, 0.2) is 82.6 Å². The van der Waals surface area contributed by atoms with Gasteiger partial charge in [0.15, 0.2) is 6.10 Å². The van der Waals surface area contributed by atoms with Crippen molar-refractivity contribution < 1.29 is 17.9 Å². The second kappa shape index (κ2) is 8.64. The molecule has 0 radical (unpaired) electrons. The van der Waals surface area contributed by atoms with E-state index in [4.69, 9.17) is 4.74 Å². The third-order valence-corrected chi connectivity index (χ3v) is 7.59. The molecule has 0 aliphatic carbocycles. The van der Waals surface area contributed by atoms with Crippen LogP contribution >= 0.6 is 11.8 Å². The topological polar surface area (TPSA) is 75.7 Å². The van der Waals surface area contributed by atoms with Gasteiger partial charge in [-0.15, -0.1) is 11.8 Å². The maximum atomic E-state index is 13.4. The van der Waals surface area contributed by atoms with E-state index in [9.17, 15) is 13.2 Å². The molecule has 1 aliphatic rings. The van der Waals surface area contributed by atoms with E-state index in [0.29, 0.717) is 17.1 Å². The fourth-order valence-electron chi connectivity index (χ4n) is 3.36. The molecule has 0 fully saturated rings. The maximum Gasteiger partial charge on any atom is 0.267 e. The van der Waals surface area contributed by atoms with E-state index >= 15 is 0 Å². The summed E-state index contributed by atoms with van der Waals surface area (Å²) in [5.74, 6) is -0.0529. The number of sulfonamides is 1. The highest BCUT2D eigenvalue weighted by Crippen LogP contribution is 2.37. The van der Waals surface area contributed by atoms with Gasteiger partial charge in [0.05, 0.1) is 22.8 Å². The Morgan fingerprint density at radius 2 is 1.71 bits per heavy atom. The standard InChI is InChI=1S/C23H22N2O4S2/c1-16-11-13-17(14-12-16)31(27,28)25-15-21(29-20-9-5-4-8-19(20)25)23(26)24-18-7-3-6-10-22(18)30-2/h3-14,21H,15H2,1-2H3,(H,24,26). The molecule has 1 amide bonds. The molecule has 1 atom stereocenters. The summed E-state index contributed by atoms with van der Waals surface area (Å²) in [6, 6.07) is 20.9. The van der Waals surface area contributed by atoms with Crippen LogP contribution in [0.5, 0.6) is 5.75 Å². The number of aryl methyl sites for hydroxylation is 1. The van der Waals surface area contributed by atoms with Gasteiger partial charge >= 0.3 is 0 Å². The highest BCUT2D eigenvalue weighted by molar-refractivity contribution is 7.98. The van der Waals surface area contributed by atoms with E-state index in [1.165, 1.54) is 16.1 Å². The summed E-state index contributed by atoms with van der Waals surface area (Å²) in [6.45, 7) is 1.77. The normalized spacial score (nSPS) is 15.7. The van der Waals surface area contributed by atoms with Crippen molar-refractivity contribution in [2.45, 2.75) is 22.8 Å². The molecule has 1 N–H and O–H groups in total. The molecule has 0 saturated heterocycles. The monoisotopic (exact) mass is 454 g/mol. The number of carbonyl (C=O) groups excluding carboxylic acids is 1. The number of hydrogen-bond donors (Lipinski definition) is 1. The molecule has 0 spiro atoms. The Morgan fingerprint density at radius 1 is 1.03 bits per heavy atom. The van der Waals surface area contributed by atoms with Crippen LogP contribution in [0.3, 0.4) is 0 Å². The van der Waals surface area contributed by atoms with Crippen molar-refractivity contribution in [3.63, 3.8) is 0 Å². The van der Waals surface area contributed by atoms with Gasteiger partial charge in [-0.05, 0) is 49.6 Å². The average molecular weight is 455 g/mol. The molecule has 1 unspecified atom stereocenters. The van der Waals surface area contributed by atoms with Gasteiger partial charge < -0.3 is 10.1 Å². The van der Waals surface area contributed by atoms with E-state index in [0.717, 1.165) is 10.5 Å². The Labute approximate surface area is 186 Å². The second-order valence-corrected chi connectivity index (χ2v) is 9.82. The van der Waals surface area contributed by atoms with Crippen molar-refractivity contribution in [2.75, 3.05) is 22.4 Å². The molecule has 160 valence electrons. The third-order valence-electron chi connectivity index (χ3n) is 5.00. The van der Waals surface area contributed by atoms with Crippen LogP contribution in [-0.2, 0) is 14.8 Å². The first-order valence-corrected chi connectivity index (χ1v) is 12.4. The molecule has 6 nitrogen and oxygen atoms in total. The van der Waals surface area contributed by atoms with Crippen molar-refractivity contribution in [1.29, 1.82) is 0 Å². The molecule has 0 saturated carbocycles. The number of carbonyl (C=O) groups is 1. The average Bonchev–Trinajstić information content (AvgIpc) is 2.79. The molecule has 3 aromatic rings. The molecular weight excluding hydrogens is 432 g/mol. The van der Waals surface area contributed by atoms with Crippen LogP contribution in [0, 0.1) is 6.92 Å². The molecule has 1 aliphatic heterocycles. The van der Waals surface area contributed by atoms with E-state index in [-0.39, 0.29) is 11.4 Å². The van der Waals surface area contributed by atoms with Crippen molar-refractivity contribution in [2.24, 2.45) is 0 Å². The van der Waals surface area contributed by atoms with E-state index < -0.39 is 22.0 Å². The molecule has 1 heterocycles. The molecule has 0 bridgehead atoms. The Kier molecular flexibility index (Phi) is 5.93. The number of anilines is 2. The molecule has 0 aromatic heterocycles. The van der Waals surface area contributed by atoms with E-state index in [1.807, 2.05) is 31.4 Å². The van der Waals surface area contributed by atoms with Gasteiger partial charge in [-0.25, -0.2) is 8.42 Å². The summed E-state index contributed by atoms with van der Waals surface area (Å²) in [7, 11) is -3.88. The molecular formula is C23H22N2O4S2. The lowest BCUT2D eigenvalue weighted by Crippen LogP contribution is -2.48. The zero-order valence-corrected chi connectivity index (χ0v) is 18.7. The van der Waals surface area contributed by atoms with Crippen molar-refractivity contribution in [3.8, 4) is 5.75 Å². The first-order chi connectivity index (χ1) is 14.9. The lowest BCUT2D eigenvalue weighted by atomic mass is 10.2. The Morgan fingerprint density at radius 3 is 2.45 bits per heavy atom. The quantitative estimate of drug-likeness (QED) is 0.582. The van der Waals surface area contributed by atoms with Crippen LogP contribution in [0.1, 0.15) is 5.56 Å². The molecule has 4 rings (SSSR count). The number of ether oxygens (including phenoxy) is 1. The third kappa shape index (κ3) is 4.26. The number of rotatable bonds is 5. The largest absolute Gasteiger partial charge is 0.476 e. The predicted molar refractivity (Wildman–Crippen MR) is 123 cm³/mol. The predicted octanol–water partition coefficient (Wildman–Crippen LogP) is 4.31. The lowest BCUT2D eigenvalue weighted by Gasteiger charge is -2.34. The van der Waals surface area contributed by atoms with Crippen molar-refractivity contribution in [1.82, 2.24) is 0 Å². The van der Waals surface area contributed by atoms with Crippen molar-refractivity contribution >= 4 is 39.1 Å². The Bertz CT molecular complexity index is 1210. The first-order valence-electron chi connectivity index (χ1n) is 9.69. The summed E-state index contributed by atoms with van der Waals surface area (Å²) in [5, 5.41) is 2.87. The number of nitrogens with one attached hydrogen (secondary N) is 1. The molecule has 31 heavy (non-hydrogen) atoms.